The molecule has 1 aliphatic heterocycles. The van der Waals surface area contributed by atoms with Gasteiger partial charge in [0, 0.05) is 13.1 Å². The minimum absolute atomic E-state index is 0.111. The van der Waals surface area contributed by atoms with E-state index in [0.29, 0.717) is 0 Å². The van der Waals surface area contributed by atoms with E-state index in [0.717, 1.165) is 13.1 Å². The van der Waals surface area contributed by atoms with Crippen molar-refractivity contribution in [1.29, 1.82) is 0 Å². The maximum absolute atomic E-state index is 6.53. The summed E-state index contributed by atoms with van der Waals surface area (Å²) in [5.41, 5.74) is 4.17. The van der Waals surface area contributed by atoms with E-state index in [4.69, 9.17) is 4.74 Å². The summed E-state index contributed by atoms with van der Waals surface area (Å²) in [7, 11) is 0. The highest BCUT2D eigenvalue weighted by Crippen LogP contribution is 2.38. The van der Waals surface area contributed by atoms with Crippen molar-refractivity contribution in [3.05, 3.63) is 34.9 Å². The first-order valence-electron chi connectivity index (χ1n) is 7.64. The number of hydrogen-bond acceptors (Lipinski definition) is 2. The Morgan fingerprint density at radius 2 is 1.89 bits per heavy atom. The monoisotopic (exact) mass is 259 g/mol. The molecule has 3 rings (SSSR count). The molecule has 1 unspecified atom stereocenters. The summed E-state index contributed by atoms with van der Waals surface area (Å²) < 4.78 is 6.53. The van der Waals surface area contributed by atoms with E-state index in [1.54, 1.807) is 0 Å². The molecule has 1 atom stereocenters. The van der Waals surface area contributed by atoms with E-state index < -0.39 is 0 Å². The van der Waals surface area contributed by atoms with Gasteiger partial charge in [-0.25, -0.2) is 0 Å². The summed E-state index contributed by atoms with van der Waals surface area (Å²) in [6.07, 6.45) is 6.69. The molecule has 2 aliphatic rings. The van der Waals surface area contributed by atoms with Gasteiger partial charge in [0.05, 0.1) is 11.7 Å². The summed E-state index contributed by atoms with van der Waals surface area (Å²) in [6.45, 7) is 6.34. The average Bonchev–Trinajstić information content (AvgIpc) is 2.43. The summed E-state index contributed by atoms with van der Waals surface area (Å²) in [5.74, 6) is 0. The molecule has 1 spiro atoms. The second kappa shape index (κ2) is 5.26. The third kappa shape index (κ3) is 2.70. The van der Waals surface area contributed by atoms with E-state index in [1.165, 1.54) is 48.8 Å². The molecule has 2 heteroatoms. The first-order chi connectivity index (χ1) is 9.19. The van der Waals surface area contributed by atoms with Gasteiger partial charge in [0.25, 0.3) is 0 Å². The van der Waals surface area contributed by atoms with Crippen LogP contribution in [0.25, 0.3) is 0 Å². The summed E-state index contributed by atoms with van der Waals surface area (Å²) in [5, 5.41) is 3.60. The van der Waals surface area contributed by atoms with Crippen molar-refractivity contribution in [3.63, 3.8) is 0 Å². The van der Waals surface area contributed by atoms with Crippen LogP contribution in [-0.2, 0) is 4.74 Å². The molecule has 2 nitrogen and oxygen atoms in total. The number of rotatable bonds is 1. The average molecular weight is 259 g/mol. The van der Waals surface area contributed by atoms with Crippen LogP contribution in [0.4, 0.5) is 0 Å². The Labute approximate surface area is 116 Å². The van der Waals surface area contributed by atoms with E-state index in [1.807, 2.05) is 0 Å². The second-order valence-corrected chi connectivity index (χ2v) is 6.32. The molecule has 1 heterocycles. The normalized spacial score (nSPS) is 26.5. The van der Waals surface area contributed by atoms with Crippen molar-refractivity contribution in [2.24, 2.45) is 0 Å². The van der Waals surface area contributed by atoms with Gasteiger partial charge in [-0.1, -0.05) is 37.5 Å². The Morgan fingerprint density at radius 1 is 1.11 bits per heavy atom. The van der Waals surface area contributed by atoms with Crippen LogP contribution in [0.2, 0.25) is 0 Å². The number of nitrogens with one attached hydrogen (secondary N) is 1. The van der Waals surface area contributed by atoms with Gasteiger partial charge < -0.3 is 10.1 Å². The Morgan fingerprint density at radius 3 is 2.63 bits per heavy atom. The zero-order chi connectivity index (χ0) is 13.3. The molecule has 2 fully saturated rings. The fourth-order valence-corrected chi connectivity index (χ4v) is 3.46. The van der Waals surface area contributed by atoms with Gasteiger partial charge in [0.2, 0.25) is 0 Å². The topological polar surface area (TPSA) is 21.3 Å². The van der Waals surface area contributed by atoms with Crippen molar-refractivity contribution < 1.29 is 4.74 Å². The van der Waals surface area contributed by atoms with Crippen LogP contribution in [0, 0.1) is 13.8 Å². The standard InChI is InChI=1S/C17H25NO/c1-13-6-7-15(10-14(13)2)16-11-18-12-17(19-16)8-4-3-5-9-17/h6-7,10,16,18H,3-5,8-9,11-12H2,1-2H3. The fourth-order valence-electron chi connectivity index (χ4n) is 3.46. The third-order valence-electron chi connectivity index (χ3n) is 4.84. The smallest absolute Gasteiger partial charge is 0.0957 e. The van der Waals surface area contributed by atoms with Crippen molar-refractivity contribution >= 4 is 0 Å². The number of benzene rings is 1. The van der Waals surface area contributed by atoms with E-state index in [2.05, 4.69) is 37.4 Å². The maximum atomic E-state index is 6.53. The summed E-state index contributed by atoms with van der Waals surface area (Å²) >= 11 is 0. The molecule has 19 heavy (non-hydrogen) atoms. The lowest BCUT2D eigenvalue weighted by atomic mass is 9.83. The second-order valence-electron chi connectivity index (χ2n) is 6.32. The quantitative estimate of drug-likeness (QED) is 0.831. The van der Waals surface area contributed by atoms with Gasteiger partial charge in [-0.2, -0.15) is 0 Å². The fraction of sp³-hybridized carbons (Fsp3) is 0.647. The largest absolute Gasteiger partial charge is 0.364 e. The molecule has 1 N–H and O–H groups in total. The van der Waals surface area contributed by atoms with Crippen LogP contribution < -0.4 is 5.32 Å². The Balaban J connectivity index is 1.78. The number of hydrogen-bond donors (Lipinski definition) is 1. The first-order valence-corrected chi connectivity index (χ1v) is 7.64. The first kappa shape index (κ1) is 13.1. The van der Waals surface area contributed by atoms with Crippen LogP contribution in [-0.4, -0.2) is 18.7 Å². The van der Waals surface area contributed by atoms with Gasteiger partial charge in [-0.3, -0.25) is 0 Å². The molecule has 0 bridgehead atoms. The van der Waals surface area contributed by atoms with Crippen molar-refractivity contribution in [3.8, 4) is 0 Å². The lowest BCUT2D eigenvalue weighted by molar-refractivity contribution is -0.135. The maximum Gasteiger partial charge on any atom is 0.0957 e. The van der Waals surface area contributed by atoms with Gasteiger partial charge in [0.1, 0.15) is 0 Å². The van der Waals surface area contributed by atoms with E-state index >= 15 is 0 Å². The Bertz CT molecular complexity index is 443. The minimum Gasteiger partial charge on any atom is -0.364 e. The SMILES string of the molecule is Cc1ccc(C2CNCC3(CCCCC3)O2)cc1C. The number of morpholine rings is 1. The van der Waals surface area contributed by atoms with Gasteiger partial charge in [-0.15, -0.1) is 0 Å². The van der Waals surface area contributed by atoms with Crippen LogP contribution in [0.15, 0.2) is 18.2 Å². The molecule has 0 amide bonds. The van der Waals surface area contributed by atoms with Crippen LogP contribution in [0.3, 0.4) is 0 Å². The van der Waals surface area contributed by atoms with Gasteiger partial charge in [0.15, 0.2) is 0 Å². The minimum atomic E-state index is 0.111. The van der Waals surface area contributed by atoms with Gasteiger partial charge in [-0.05, 0) is 43.4 Å². The summed E-state index contributed by atoms with van der Waals surface area (Å²) in [4.78, 5) is 0. The third-order valence-corrected chi connectivity index (χ3v) is 4.84. The predicted molar refractivity (Wildman–Crippen MR) is 78.4 cm³/mol. The van der Waals surface area contributed by atoms with Crippen LogP contribution >= 0.6 is 0 Å². The molecular weight excluding hydrogens is 234 g/mol. The Hall–Kier alpha value is -0.860. The molecule has 1 saturated heterocycles. The van der Waals surface area contributed by atoms with Crippen molar-refractivity contribution in [2.75, 3.05) is 13.1 Å². The zero-order valence-electron chi connectivity index (χ0n) is 12.2. The molecule has 0 radical (unpaired) electrons. The van der Waals surface area contributed by atoms with Crippen LogP contribution in [0.5, 0.6) is 0 Å². The summed E-state index contributed by atoms with van der Waals surface area (Å²) in [6, 6.07) is 6.75. The predicted octanol–water partition coefficient (Wildman–Crippen LogP) is 3.67. The Kier molecular flexibility index (Phi) is 3.64. The molecule has 1 aliphatic carbocycles. The lowest BCUT2D eigenvalue weighted by Gasteiger charge is -2.44. The lowest BCUT2D eigenvalue weighted by Crippen LogP contribution is -2.51. The zero-order valence-corrected chi connectivity index (χ0v) is 12.2. The molecule has 104 valence electrons. The number of ether oxygens (including phenoxy) is 1. The van der Waals surface area contributed by atoms with E-state index in [-0.39, 0.29) is 11.7 Å². The molecular formula is C17H25NO. The van der Waals surface area contributed by atoms with Crippen molar-refractivity contribution in [2.45, 2.75) is 57.7 Å². The highest BCUT2D eigenvalue weighted by atomic mass is 16.5. The molecule has 1 saturated carbocycles. The molecule has 1 aromatic rings. The molecule has 0 aromatic heterocycles. The van der Waals surface area contributed by atoms with E-state index in [9.17, 15) is 0 Å². The van der Waals surface area contributed by atoms with Crippen molar-refractivity contribution in [1.82, 2.24) is 5.32 Å². The highest BCUT2D eigenvalue weighted by molar-refractivity contribution is 5.31. The highest BCUT2D eigenvalue weighted by Gasteiger charge is 2.38. The number of aryl methyl sites for hydroxylation is 2. The van der Waals surface area contributed by atoms with Gasteiger partial charge >= 0.3 is 0 Å². The van der Waals surface area contributed by atoms with Crippen LogP contribution in [0.1, 0.15) is 54.9 Å². The molecule has 1 aromatic carbocycles.